The summed E-state index contributed by atoms with van der Waals surface area (Å²) in [5.74, 6) is 2.24. The van der Waals surface area contributed by atoms with E-state index in [2.05, 4.69) is 24.0 Å². The molecule has 29 heavy (non-hydrogen) atoms. The van der Waals surface area contributed by atoms with Crippen LogP contribution in [0.2, 0.25) is 0 Å². The molecule has 3 aliphatic heterocycles. The van der Waals surface area contributed by atoms with E-state index in [9.17, 15) is 4.79 Å². The van der Waals surface area contributed by atoms with Crippen molar-refractivity contribution >= 4 is 5.97 Å². The molecule has 4 aliphatic carbocycles. The molecule has 8 bridgehead atoms. The predicted molar refractivity (Wildman–Crippen MR) is 111 cm³/mol. The van der Waals surface area contributed by atoms with Crippen molar-refractivity contribution in [2.24, 2.45) is 34.0 Å². The summed E-state index contributed by atoms with van der Waals surface area (Å²) in [6.45, 7) is 4.52. The van der Waals surface area contributed by atoms with Gasteiger partial charge in [-0.05, 0) is 78.2 Å². The number of nitrogens with zero attached hydrogens (tertiary/aromatic N) is 1. The molecule has 3 unspecified atom stereocenters. The summed E-state index contributed by atoms with van der Waals surface area (Å²) < 4.78 is 5.81. The summed E-state index contributed by atoms with van der Waals surface area (Å²) in [6.07, 6.45) is 13.0. The SMILES string of the molecule is C[C@@]12CCC[C@@]34C5[C@@H]6C=CC[C@@H]3[C@@]6(CCOC(=O)c3ccccc3)CC([C@H]14)N5C2. The maximum Gasteiger partial charge on any atom is 0.338 e. The van der Waals surface area contributed by atoms with Crippen LogP contribution in [0.3, 0.4) is 0 Å². The molecule has 3 saturated carbocycles. The number of esters is 1. The van der Waals surface area contributed by atoms with Gasteiger partial charge in [0.15, 0.2) is 0 Å². The number of rotatable bonds is 4. The number of piperidine rings is 2. The fourth-order valence-electron chi connectivity index (χ4n) is 10.1. The highest BCUT2D eigenvalue weighted by atomic mass is 16.5. The monoisotopic (exact) mass is 389 g/mol. The van der Waals surface area contributed by atoms with Crippen LogP contribution in [0, 0.1) is 34.0 Å². The van der Waals surface area contributed by atoms with Crippen molar-refractivity contribution in [3.05, 3.63) is 48.0 Å². The second-order valence-corrected chi connectivity index (χ2v) is 11.2. The lowest BCUT2D eigenvalue weighted by Gasteiger charge is -2.58. The van der Waals surface area contributed by atoms with Crippen molar-refractivity contribution in [2.75, 3.05) is 13.2 Å². The molecule has 9 atom stereocenters. The molecule has 0 aromatic heterocycles. The zero-order chi connectivity index (χ0) is 19.4. The van der Waals surface area contributed by atoms with Crippen LogP contribution >= 0.6 is 0 Å². The Morgan fingerprint density at radius 2 is 2.10 bits per heavy atom. The molecule has 3 nitrogen and oxygen atoms in total. The molecule has 3 heteroatoms. The molecule has 3 heterocycles. The summed E-state index contributed by atoms with van der Waals surface area (Å²) in [6, 6.07) is 11.0. The molecule has 8 rings (SSSR count). The number of ether oxygens (including phenoxy) is 1. The number of benzene rings is 1. The van der Waals surface area contributed by atoms with E-state index in [1.54, 1.807) is 0 Å². The summed E-state index contributed by atoms with van der Waals surface area (Å²) in [7, 11) is 0. The van der Waals surface area contributed by atoms with Crippen LogP contribution in [0.4, 0.5) is 0 Å². The van der Waals surface area contributed by atoms with Crippen LogP contribution in [0.5, 0.6) is 0 Å². The zero-order valence-electron chi connectivity index (χ0n) is 17.3. The Morgan fingerprint density at radius 3 is 2.97 bits per heavy atom. The lowest BCUT2D eigenvalue weighted by Crippen LogP contribution is -2.56. The summed E-state index contributed by atoms with van der Waals surface area (Å²) >= 11 is 0. The maximum absolute atomic E-state index is 12.5. The quantitative estimate of drug-likeness (QED) is 0.553. The molecule has 6 fully saturated rings. The van der Waals surface area contributed by atoms with Gasteiger partial charge in [0.1, 0.15) is 0 Å². The van der Waals surface area contributed by atoms with Crippen molar-refractivity contribution in [3.8, 4) is 0 Å². The first kappa shape index (κ1) is 17.1. The van der Waals surface area contributed by atoms with E-state index in [-0.39, 0.29) is 5.97 Å². The minimum absolute atomic E-state index is 0.162. The third kappa shape index (κ3) is 1.80. The lowest BCUT2D eigenvalue weighted by atomic mass is 9.45. The van der Waals surface area contributed by atoms with Crippen molar-refractivity contribution in [3.63, 3.8) is 0 Å². The van der Waals surface area contributed by atoms with Crippen LogP contribution in [-0.2, 0) is 4.74 Å². The van der Waals surface area contributed by atoms with Gasteiger partial charge in [0.05, 0.1) is 12.2 Å². The van der Waals surface area contributed by atoms with Crippen LogP contribution in [0.1, 0.15) is 55.8 Å². The number of carbonyl (C=O) groups is 1. The van der Waals surface area contributed by atoms with Gasteiger partial charge in [-0.1, -0.05) is 43.7 Å². The number of hydrogen-bond donors (Lipinski definition) is 0. The fourth-order valence-corrected chi connectivity index (χ4v) is 10.1. The highest BCUT2D eigenvalue weighted by Crippen LogP contribution is 2.83. The molecular weight excluding hydrogens is 358 g/mol. The lowest BCUT2D eigenvalue weighted by molar-refractivity contribution is -0.0903. The van der Waals surface area contributed by atoms with Crippen molar-refractivity contribution < 1.29 is 9.53 Å². The Morgan fingerprint density at radius 1 is 1.24 bits per heavy atom. The zero-order valence-corrected chi connectivity index (χ0v) is 17.3. The van der Waals surface area contributed by atoms with Gasteiger partial charge in [0, 0.05) is 18.6 Å². The average Bonchev–Trinajstić information content (AvgIpc) is 3.11. The average molecular weight is 390 g/mol. The molecule has 152 valence electrons. The Kier molecular flexibility index (Phi) is 3.16. The van der Waals surface area contributed by atoms with Crippen LogP contribution < -0.4 is 0 Å². The second-order valence-electron chi connectivity index (χ2n) is 11.2. The largest absolute Gasteiger partial charge is 0.462 e. The van der Waals surface area contributed by atoms with Crippen molar-refractivity contribution in [1.82, 2.24) is 4.90 Å². The third-order valence-electron chi connectivity index (χ3n) is 10.4. The first-order chi connectivity index (χ1) is 14.1. The number of carbonyl (C=O) groups excluding carboxylic acids is 1. The first-order valence-electron chi connectivity index (χ1n) is 11.7. The van der Waals surface area contributed by atoms with E-state index in [4.69, 9.17) is 4.74 Å². The van der Waals surface area contributed by atoms with Crippen LogP contribution in [0.25, 0.3) is 0 Å². The third-order valence-corrected chi connectivity index (χ3v) is 10.4. The normalized spacial score (nSPS) is 52.2. The van der Waals surface area contributed by atoms with Crippen molar-refractivity contribution in [1.29, 1.82) is 0 Å². The predicted octanol–water partition coefficient (Wildman–Crippen LogP) is 4.69. The molecule has 1 spiro atoms. The van der Waals surface area contributed by atoms with E-state index < -0.39 is 0 Å². The molecular formula is C26H31NO2. The van der Waals surface area contributed by atoms with Gasteiger partial charge in [0.2, 0.25) is 0 Å². The molecule has 0 N–H and O–H groups in total. The number of allylic oxidation sites excluding steroid dienone is 1. The minimum Gasteiger partial charge on any atom is -0.462 e. The topological polar surface area (TPSA) is 29.5 Å². The fraction of sp³-hybridized carbons (Fsp3) is 0.654. The standard InChI is InChI=1S/C26H31NO2/c1-24-11-6-12-26-20-10-5-9-18-22(26)27(16-24)19(21(24)26)15-25(18,20)13-14-29-23(28)17-7-3-2-4-8-17/h2-5,7-9,18-22H,6,10-16H2,1H3/t18-,19?,20+,21+,22?,24-,25-,26+/m0/s1. The molecule has 0 radical (unpaired) electrons. The Bertz CT molecular complexity index is 911. The van der Waals surface area contributed by atoms with Gasteiger partial charge in [-0.3, -0.25) is 4.90 Å². The van der Waals surface area contributed by atoms with Gasteiger partial charge in [-0.25, -0.2) is 4.79 Å². The van der Waals surface area contributed by atoms with E-state index in [1.165, 1.54) is 38.6 Å². The van der Waals surface area contributed by atoms with Crippen molar-refractivity contribution in [2.45, 2.75) is 57.5 Å². The van der Waals surface area contributed by atoms with E-state index in [0.717, 1.165) is 30.3 Å². The summed E-state index contributed by atoms with van der Waals surface area (Å²) in [4.78, 5) is 15.5. The minimum atomic E-state index is -0.162. The molecule has 1 aromatic rings. The Balaban J connectivity index is 1.19. The molecule has 3 saturated heterocycles. The van der Waals surface area contributed by atoms with Crippen LogP contribution in [0.15, 0.2) is 42.5 Å². The molecule has 0 amide bonds. The highest BCUT2D eigenvalue weighted by Gasteiger charge is 2.84. The van der Waals surface area contributed by atoms with Gasteiger partial charge >= 0.3 is 5.97 Å². The molecule has 1 aromatic carbocycles. The summed E-state index contributed by atoms with van der Waals surface area (Å²) in [5.41, 5.74) is 2.15. The second kappa shape index (κ2) is 5.35. The maximum atomic E-state index is 12.5. The van der Waals surface area contributed by atoms with E-state index >= 15 is 0 Å². The van der Waals surface area contributed by atoms with E-state index in [1.807, 2.05) is 30.3 Å². The van der Waals surface area contributed by atoms with Gasteiger partial charge in [-0.2, -0.15) is 0 Å². The van der Waals surface area contributed by atoms with Gasteiger partial charge < -0.3 is 4.74 Å². The van der Waals surface area contributed by atoms with E-state index in [0.29, 0.717) is 34.3 Å². The molecule has 7 aliphatic rings. The van der Waals surface area contributed by atoms with Crippen LogP contribution in [-0.4, -0.2) is 36.1 Å². The first-order valence-corrected chi connectivity index (χ1v) is 11.7. The Labute approximate surface area is 173 Å². The smallest absolute Gasteiger partial charge is 0.338 e. The highest BCUT2D eigenvalue weighted by molar-refractivity contribution is 5.89. The number of hydrogen-bond acceptors (Lipinski definition) is 3. The van der Waals surface area contributed by atoms with Gasteiger partial charge in [0.25, 0.3) is 0 Å². The summed E-state index contributed by atoms with van der Waals surface area (Å²) in [5, 5.41) is 0. The van der Waals surface area contributed by atoms with Gasteiger partial charge in [-0.15, -0.1) is 0 Å². The Hall–Kier alpha value is -1.61.